The predicted molar refractivity (Wildman–Crippen MR) is 114 cm³/mol. The third kappa shape index (κ3) is 4.29. The summed E-state index contributed by atoms with van der Waals surface area (Å²) in [7, 11) is 0. The molecule has 1 aliphatic rings. The van der Waals surface area contributed by atoms with Crippen molar-refractivity contribution in [3.8, 4) is 5.69 Å². The van der Waals surface area contributed by atoms with Gasteiger partial charge in [-0.25, -0.2) is 4.79 Å². The van der Waals surface area contributed by atoms with E-state index in [1.807, 2.05) is 61.5 Å². The lowest BCUT2D eigenvalue weighted by atomic mass is 10.2. The molecule has 29 heavy (non-hydrogen) atoms. The maximum absolute atomic E-state index is 12.5. The first-order chi connectivity index (χ1) is 14.1. The average Bonchev–Trinajstić information content (AvgIpc) is 2.75. The van der Waals surface area contributed by atoms with Crippen LogP contribution < -0.4 is 15.8 Å². The third-order valence-electron chi connectivity index (χ3n) is 4.95. The van der Waals surface area contributed by atoms with Crippen LogP contribution in [0, 0.1) is 6.92 Å². The molecular formula is C22H23N5O2. The number of benzene rings is 2. The fourth-order valence-electron chi connectivity index (χ4n) is 3.39. The Bertz CT molecular complexity index is 1060. The van der Waals surface area contributed by atoms with Crippen molar-refractivity contribution in [3.63, 3.8) is 0 Å². The second-order valence-corrected chi connectivity index (χ2v) is 7.05. The fourth-order valence-corrected chi connectivity index (χ4v) is 3.39. The van der Waals surface area contributed by atoms with E-state index in [0.29, 0.717) is 26.2 Å². The van der Waals surface area contributed by atoms with Gasteiger partial charge in [-0.15, -0.1) is 5.10 Å². The van der Waals surface area contributed by atoms with Gasteiger partial charge in [0.05, 0.1) is 5.69 Å². The zero-order chi connectivity index (χ0) is 20.2. The molecule has 148 valence electrons. The van der Waals surface area contributed by atoms with E-state index in [9.17, 15) is 9.59 Å². The largest absolute Gasteiger partial charge is 0.352 e. The van der Waals surface area contributed by atoms with Crippen molar-refractivity contribution in [1.82, 2.24) is 14.7 Å². The van der Waals surface area contributed by atoms with E-state index in [1.54, 1.807) is 11.0 Å². The summed E-state index contributed by atoms with van der Waals surface area (Å²) < 4.78 is 1.41. The van der Waals surface area contributed by atoms with Crippen LogP contribution in [-0.4, -0.2) is 46.9 Å². The second kappa shape index (κ2) is 8.18. The molecule has 7 heteroatoms. The molecule has 1 aliphatic heterocycles. The van der Waals surface area contributed by atoms with Crippen molar-refractivity contribution in [2.75, 3.05) is 36.4 Å². The standard InChI is InChI=1S/C22H23N5O2/c1-17-6-5-7-18(16-17)23-22(29)26-14-12-25(13-15-26)20-10-11-21(28)27(24-20)19-8-3-2-4-9-19/h2-11,16H,12-15H2,1H3,(H,23,29). The van der Waals surface area contributed by atoms with Gasteiger partial charge >= 0.3 is 6.03 Å². The summed E-state index contributed by atoms with van der Waals surface area (Å²) in [6, 6.07) is 20.3. The highest BCUT2D eigenvalue weighted by atomic mass is 16.2. The maximum atomic E-state index is 12.5. The summed E-state index contributed by atoms with van der Waals surface area (Å²) in [6.45, 7) is 4.48. The number of piperazine rings is 1. The molecule has 1 fully saturated rings. The smallest absolute Gasteiger partial charge is 0.321 e. The van der Waals surface area contributed by atoms with E-state index in [-0.39, 0.29) is 11.6 Å². The molecule has 1 aromatic heterocycles. The highest BCUT2D eigenvalue weighted by molar-refractivity contribution is 5.89. The first-order valence-electron chi connectivity index (χ1n) is 9.63. The van der Waals surface area contributed by atoms with Gasteiger partial charge in [-0.3, -0.25) is 4.79 Å². The van der Waals surface area contributed by atoms with Gasteiger partial charge in [-0.2, -0.15) is 4.68 Å². The molecule has 3 aromatic rings. The number of hydrogen-bond acceptors (Lipinski definition) is 4. The monoisotopic (exact) mass is 389 g/mol. The van der Waals surface area contributed by atoms with Gasteiger partial charge in [0, 0.05) is 37.9 Å². The molecule has 7 nitrogen and oxygen atoms in total. The Morgan fingerprint density at radius 3 is 2.41 bits per heavy atom. The van der Waals surface area contributed by atoms with Gasteiger partial charge in [0.15, 0.2) is 0 Å². The molecule has 4 rings (SSSR count). The van der Waals surface area contributed by atoms with Gasteiger partial charge in [0.25, 0.3) is 5.56 Å². The first kappa shape index (κ1) is 18.7. The fraction of sp³-hybridized carbons (Fsp3) is 0.227. The lowest BCUT2D eigenvalue weighted by Crippen LogP contribution is -2.50. The number of nitrogens with one attached hydrogen (secondary N) is 1. The van der Waals surface area contributed by atoms with E-state index in [2.05, 4.69) is 15.3 Å². The summed E-state index contributed by atoms with van der Waals surface area (Å²) in [5, 5.41) is 7.48. The van der Waals surface area contributed by atoms with Crippen LogP contribution in [0.4, 0.5) is 16.3 Å². The molecule has 0 spiro atoms. The number of anilines is 2. The van der Waals surface area contributed by atoms with Crippen LogP contribution in [0.2, 0.25) is 0 Å². The third-order valence-corrected chi connectivity index (χ3v) is 4.95. The van der Waals surface area contributed by atoms with E-state index < -0.39 is 0 Å². The lowest BCUT2D eigenvalue weighted by Gasteiger charge is -2.35. The van der Waals surface area contributed by atoms with Crippen molar-refractivity contribution in [2.24, 2.45) is 0 Å². The SMILES string of the molecule is Cc1cccc(NC(=O)N2CCN(c3ccc(=O)n(-c4ccccc4)n3)CC2)c1. The van der Waals surface area contributed by atoms with E-state index in [1.165, 1.54) is 10.7 Å². The summed E-state index contributed by atoms with van der Waals surface area (Å²) in [6.07, 6.45) is 0. The van der Waals surface area contributed by atoms with Gasteiger partial charge in [0.1, 0.15) is 5.82 Å². The minimum absolute atomic E-state index is 0.0996. The maximum Gasteiger partial charge on any atom is 0.321 e. The molecule has 0 aliphatic carbocycles. The van der Waals surface area contributed by atoms with Gasteiger partial charge < -0.3 is 15.1 Å². The van der Waals surface area contributed by atoms with E-state index >= 15 is 0 Å². The number of nitrogens with zero attached hydrogens (tertiary/aromatic N) is 4. The van der Waals surface area contributed by atoms with Gasteiger partial charge in [-0.1, -0.05) is 30.3 Å². The minimum Gasteiger partial charge on any atom is -0.352 e. The van der Waals surface area contributed by atoms with Crippen molar-refractivity contribution in [3.05, 3.63) is 82.6 Å². The number of aromatic nitrogens is 2. The van der Waals surface area contributed by atoms with Crippen LogP contribution in [0.3, 0.4) is 0 Å². The Morgan fingerprint density at radius 1 is 0.931 bits per heavy atom. The van der Waals surface area contributed by atoms with Gasteiger partial charge in [-0.05, 0) is 42.8 Å². The van der Waals surface area contributed by atoms with Crippen LogP contribution in [0.1, 0.15) is 5.56 Å². The number of amides is 2. The summed E-state index contributed by atoms with van der Waals surface area (Å²) in [4.78, 5) is 28.6. The van der Waals surface area contributed by atoms with Crippen molar-refractivity contribution in [2.45, 2.75) is 6.92 Å². The Morgan fingerprint density at radius 2 is 1.69 bits per heavy atom. The Balaban J connectivity index is 1.42. The van der Waals surface area contributed by atoms with Crippen molar-refractivity contribution < 1.29 is 4.79 Å². The normalized spacial score (nSPS) is 14.0. The molecule has 2 heterocycles. The molecular weight excluding hydrogens is 366 g/mol. The summed E-state index contributed by atoms with van der Waals surface area (Å²) in [5.41, 5.74) is 2.47. The van der Waals surface area contributed by atoms with Gasteiger partial charge in [0.2, 0.25) is 0 Å². The zero-order valence-corrected chi connectivity index (χ0v) is 16.3. The van der Waals surface area contributed by atoms with Crippen molar-refractivity contribution in [1.29, 1.82) is 0 Å². The molecule has 2 amide bonds. The lowest BCUT2D eigenvalue weighted by molar-refractivity contribution is 0.208. The number of aryl methyl sites for hydroxylation is 1. The van der Waals surface area contributed by atoms with Crippen LogP contribution >= 0.6 is 0 Å². The van der Waals surface area contributed by atoms with Crippen LogP contribution in [-0.2, 0) is 0 Å². The predicted octanol–water partition coefficient (Wildman–Crippen LogP) is 2.90. The molecule has 0 atom stereocenters. The Labute approximate surface area is 169 Å². The van der Waals surface area contributed by atoms with Crippen molar-refractivity contribution >= 4 is 17.5 Å². The number of urea groups is 1. The van der Waals surface area contributed by atoms with Crippen LogP contribution in [0.25, 0.3) is 5.69 Å². The molecule has 0 saturated carbocycles. The molecule has 0 radical (unpaired) electrons. The molecule has 0 unspecified atom stereocenters. The molecule has 0 bridgehead atoms. The average molecular weight is 389 g/mol. The zero-order valence-electron chi connectivity index (χ0n) is 16.3. The topological polar surface area (TPSA) is 70.5 Å². The summed E-state index contributed by atoms with van der Waals surface area (Å²) in [5.74, 6) is 0.729. The first-order valence-corrected chi connectivity index (χ1v) is 9.63. The number of para-hydroxylation sites is 1. The highest BCUT2D eigenvalue weighted by Crippen LogP contribution is 2.15. The van der Waals surface area contributed by atoms with E-state index in [0.717, 1.165) is 22.8 Å². The minimum atomic E-state index is -0.170. The number of hydrogen-bond donors (Lipinski definition) is 1. The highest BCUT2D eigenvalue weighted by Gasteiger charge is 2.22. The quantitative estimate of drug-likeness (QED) is 0.748. The molecule has 2 aromatic carbocycles. The Hall–Kier alpha value is -3.61. The molecule has 1 N–H and O–H groups in total. The van der Waals surface area contributed by atoms with Crippen LogP contribution in [0.5, 0.6) is 0 Å². The molecule has 1 saturated heterocycles. The number of rotatable bonds is 3. The van der Waals surface area contributed by atoms with Crippen LogP contribution in [0.15, 0.2) is 71.5 Å². The van der Waals surface area contributed by atoms with E-state index in [4.69, 9.17) is 0 Å². The number of carbonyl (C=O) groups is 1. The second-order valence-electron chi connectivity index (χ2n) is 7.05. The Kier molecular flexibility index (Phi) is 5.29. The number of carbonyl (C=O) groups excluding carboxylic acids is 1. The summed E-state index contributed by atoms with van der Waals surface area (Å²) >= 11 is 0.